The number of anilines is 2. The number of halogens is 3. The third-order valence-electron chi connectivity index (χ3n) is 4.29. The van der Waals surface area contributed by atoms with Crippen LogP contribution in [0.15, 0.2) is 76.2 Å². The molecule has 0 aliphatic rings. The van der Waals surface area contributed by atoms with E-state index in [9.17, 15) is 9.90 Å². The lowest BCUT2D eigenvalue weighted by Crippen LogP contribution is -2.23. The van der Waals surface area contributed by atoms with Crippen molar-refractivity contribution in [1.82, 2.24) is 0 Å². The molecule has 6 nitrogen and oxygen atoms in total. The van der Waals surface area contributed by atoms with Gasteiger partial charge in [-0.2, -0.15) is 0 Å². The zero-order chi connectivity index (χ0) is 22.0. The first-order valence-electron chi connectivity index (χ1n) is 8.97. The molecule has 0 radical (unpaired) electrons. The van der Waals surface area contributed by atoms with Crippen molar-refractivity contribution in [3.63, 3.8) is 0 Å². The van der Waals surface area contributed by atoms with E-state index in [2.05, 4.69) is 15.8 Å². The minimum Gasteiger partial charge on any atom is -0.508 e. The molecule has 0 saturated carbocycles. The maximum absolute atomic E-state index is 13.0. The summed E-state index contributed by atoms with van der Waals surface area (Å²) in [7, 11) is 0. The second-order valence-electron chi connectivity index (χ2n) is 6.50. The first kappa shape index (κ1) is 21.1. The van der Waals surface area contributed by atoms with Crippen LogP contribution in [-0.4, -0.2) is 11.0 Å². The second kappa shape index (κ2) is 8.89. The van der Waals surface area contributed by atoms with Crippen molar-refractivity contribution in [2.24, 2.45) is 5.10 Å². The summed E-state index contributed by atoms with van der Waals surface area (Å²) in [4.78, 5) is 13.0. The molecule has 4 rings (SSSR count). The van der Waals surface area contributed by atoms with Gasteiger partial charge < -0.3 is 14.8 Å². The molecule has 0 aliphatic heterocycles. The number of phenolic OH excluding ortho intramolecular Hbond substituents is 1. The van der Waals surface area contributed by atoms with Crippen LogP contribution in [-0.2, 0) is 0 Å². The molecule has 0 saturated heterocycles. The quantitative estimate of drug-likeness (QED) is 0.304. The van der Waals surface area contributed by atoms with Gasteiger partial charge in [0.1, 0.15) is 16.9 Å². The van der Waals surface area contributed by atoms with Crippen molar-refractivity contribution in [2.45, 2.75) is 0 Å². The number of hydrogen-bond acceptors (Lipinski definition) is 5. The van der Waals surface area contributed by atoms with E-state index in [1.54, 1.807) is 54.6 Å². The summed E-state index contributed by atoms with van der Waals surface area (Å²) in [5.74, 6) is -0.477. The van der Waals surface area contributed by atoms with Crippen molar-refractivity contribution in [1.29, 1.82) is 0 Å². The van der Waals surface area contributed by atoms with Gasteiger partial charge in [-0.25, -0.2) is 0 Å². The van der Waals surface area contributed by atoms with Gasteiger partial charge in [0, 0.05) is 21.5 Å². The summed E-state index contributed by atoms with van der Waals surface area (Å²) in [6, 6.07) is 17.8. The highest BCUT2D eigenvalue weighted by molar-refractivity contribution is 6.36. The predicted molar refractivity (Wildman–Crippen MR) is 123 cm³/mol. The number of hydrogen-bond donors (Lipinski definition) is 3. The molecule has 0 spiro atoms. The number of fused-ring (bicyclic) bond motifs is 1. The Morgan fingerprint density at radius 1 is 0.903 bits per heavy atom. The Labute approximate surface area is 191 Å². The number of phenols is 1. The topological polar surface area (TPSA) is 86.9 Å². The molecule has 0 bridgehead atoms. The molecule has 0 aliphatic carbocycles. The maximum atomic E-state index is 13.0. The number of nitrogens with one attached hydrogen (secondary N) is 2. The number of benzene rings is 3. The number of aromatic hydroxyl groups is 1. The van der Waals surface area contributed by atoms with Gasteiger partial charge >= 0.3 is 0 Å². The van der Waals surface area contributed by atoms with Gasteiger partial charge in [0.2, 0.25) is 5.55 Å². The number of nitrogens with zero attached hydrogens (tertiary/aromatic N) is 1. The van der Waals surface area contributed by atoms with E-state index in [-0.39, 0.29) is 16.9 Å². The molecular formula is C22H14Cl3N3O3. The van der Waals surface area contributed by atoms with Crippen molar-refractivity contribution in [3.8, 4) is 5.75 Å². The van der Waals surface area contributed by atoms with Gasteiger partial charge in [-0.1, -0.05) is 34.8 Å². The summed E-state index contributed by atoms with van der Waals surface area (Å²) >= 11 is 18.1. The van der Waals surface area contributed by atoms with E-state index < -0.39 is 5.91 Å². The molecule has 156 valence electrons. The lowest BCUT2D eigenvalue weighted by Gasteiger charge is -2.09. The van der Waals surface area contributed by atoms with Gasteiger partial charge in [0.05, 0.1) is 16.4 Å². The average molecular weight is 475 g/mol. The lowest BCUT2D eigenvalue weighted by molar-refractivity contribution is 0.102. The third-order valence-corrected chi connectivity index (χ3v) is 5.10. The molecule has 1 amide bonds. The second-order valence-corrected chi connectivity index (χ2v) is 7.78. The summed E-state index contributed by atoms with van der Waals surface area (Å²) in [5.41, 5.74) is 4.33. The van der Waals surface area contributed by atoms with Gasteiger partial charge in [-0.15, -0.1) is 5.10 Å². The van der Waals surface area contributed by atoms with E-state index in [1.807, 2.05) is 0 Å². The molecule has 31 heavy (non-hydrogen) atoms. The fraction of sp³-hybridized carbons (Fsp3) is 0. The molecule has 0 fully saturated rings. The predicted octanol–water partition coefficient (Wildman–Crippen LogP) is 6.28. The van der Waals surface area contributed by atoms with Crippen molar-refractivity contribution in [2.75, 3.05) is 10.7 Å². The van der Waals surface area contributed by atoms with Gasteiger partial charge in [0.15, 0.2) is 0 Å². The van der Waals surface area contributed by atoms with Crippen molar-refractivity contribution >= 4 is 63.1 Å². The smallest absolute Gasteiger partial charge is 0.261 e. The zero-order valence-corrected chi connectivity index (χ0v) is 18.0. The van der Waals surface area contributed by atoms with E-state index in [0.29, 0.717) is 37.4 Å². The van der Waals surface area contributed by atoms with Crippen molar-refractivity contribution in [3.05, 3.63) is 92.9 Å². The Morgan fingerprint density at radius 3 is 2.42 bits per heavy atom. The summed E-state index contributed by atoms with van der Waals surface area (Å²) in [6.07, 6.45) is 0. The molecule has 3 aromatic carbocycles. The standard InChI is InChI=1S/C22H14Cl3N3O3/c23-13-2-5-15(6-3-13)27-28-22-17(9-12-1-7-16(29)11-20(12)31-22)21(30)26-19-10-14(24)4-8-18(19)25/h1-11,27,29H,(H,26,30)/b28-22+. The number of rotatable bonds is 4. The molecule has 1 heterocycles. The molecular weight excluding hydrogens is 461 g/mol. The minimum atomic E-state index is -0.500. The molecule has 0 atom stereocenters. The van der Waals surface area contributed by atoms with Crippen LogP contribution in [0.5, 0.6) is 5.75 Å². The maximum Gasteiger partial charge on any atom is 0.261 e. The van der Waals surface area contributed by atoms with E-state index >= 15 is 0 Å². The molecule has 9 heteroatoms. The average Bonchev–Trinajstić information content (AvgIpc) is 2.75. The highest BCUT2D eigenvalue weighted by atomic mass is 35.5. The minimum absolute atomic E-state index is 0.00343. The highest BCUT2D eigenvalue weighted by Gasteiger charge is 2.15. The normalized spacial score (nSPS) is 11.5. The number of carbonyl (C=O) groups is 1. The number of amides is 1. The van der Waals surface area contributed by atoms with Crippen LogP contribution in [0.1, 0.15) is 10.4 Å². The monoisotopic (exact) mass is 473 g/mol. The number of carbonyl (C=O) groups excluding carboxylic acids is 1. The first-order valence-corrected chi connectivity index (χ1v) is 10.1. The summed E-state index contributed by atoms with van der Waals surface area (Å²) < 4.78 is 5.80. The first-order chi connectivity index (χ1) is 14.9. The third kappa shape index (κ3) is 4.94. The SMILES string of the molecule is O=C(Nc1cc(Cl)ccc1Cl)c1cc2ccc(O)cc2o/c1=N/Nc1ccc(Cl)cc1. The van der Waals surface area contributed by atoms with Crippen LogP contribution >= 0.6 is 34.8 Å². The summed E-state index contributed by atoms with van der Waals surface area (Å²) in [6.45, 7) is 0. The Kier molecular flexibility index (Phi) is 6.04. The largest absolute Gasteiger partial charge is 0.508 e. The van der Waals surface area contributed by atoms with Gasteiger partial charge in [-0.05, 0) is 60.7 Å². The molecule has 3 N–H and O–H groups in total. The fourth-order valence-electron chi connectivity index (χ4n) is 2.78. The Bertz CT molecular complexity index is 1350. The van der Waals surface area contributed by atoms with Crippen LogP contribution in [0, 0.1) is 0 Å². The van der Waals surface area contributed by atoms with Crippen LogP contribution in [0.25, 0.3) is 11.0 Å². The van der Waals surface area contributed by atoms with E-state index in [0.717, 1.165) is 0 Å². The Balaban J connectivity index is 1.78. The highest BCUT2D eigenvalue weighted by Crippen LogP contribution is 2.26. The Hall–Kier alpha value is -3.19. The van der Waals surface area contributed by atoms with Gasteiger partial charge in [-0.3, -0.25) is 10.2 Å². The zero-order valence-electron chi connectivity index (χ0n) is 15.7. The molecule has 1 aromatic heterocycles. The molecule has 4 aromatic rings. The van der Waals surface area contributed by atoms with Crippen LogP contribution < -0.4 is 16.3 Å². The van der Waals surface area contributed by atoms with Crippen LogP contribution in [0.4, 0.5) is 11.4 Å². The lowest BCUT2D eigenvalue weighted by atomic mass is 10.1. The fourth-order valence-corrected chi connectivity index (χ4v) is 3.24. The summed E-state index contributed by atoms with van der Waals surface area (Å²) in [5, 5.41) is 18.6. The van der Waals surface area contributed by atoms with E-state index in [4.69, 9.17) is 39.2 Å². The van der Waals surface area contributed by atoms with Crippen LogP contribution in [0.3, 0.4) is 0 Å². The van der Waals surface area contributed by atoms with Crippen LogP contribution in [0.2, 0.25) is 15.1 Å². The van der Waals surface area contributed by atoms with Crippen molar-refractivity contribution < 1.29 is 14.3 Å². The Morgan fingerprint density at radius 2 is 1.65 bits per heavy atom. The van der Waals surface area contributed by atoms with Gasteiger partial charge in [0.25, 0.3) is 5.91 Å². The molecule has 0 unspecified atom stereocenters. The van der Waals surface area contributed by atoms with E-state index in [1.165, 1.54) is 12.1 Å².